The molecule has 0 aliphatic carbocycles. The van der Waals surface area contributed by atoms with Crippen LogP contribution in [-0.4, -0.2) is 42.8 Å². The summed E-state index contributed by atoms with van der Waals surface area (Å²) in [7, 11) is 0. The lowest BCUT2D eigenvalue weighted by Crippen LogP contribution is -2.47. The Balaban J connectivity index is 2.05. The van der Waals surface area contributed by atoms with Gasteiger partial charge in [-0.05, 0) is 59.7 Å². The molecule has 6 heteroatoms. The highest BCUT2D eigenvalue weighted by molar-refractivity contribution is 5.84. The zero-order valence-corrected chi connectivity index (χ0v) is 16.0. The van der Waals surface area contributed by atoms with E-state index >= 15 is 0 Å². The number of nitrogens with zero attached hydrogens (tertiary/aromatic N) is 1. The van der Waals surface area contributed by atoms with Gasteiger partial charge < -0.3 is 20.3 Å². The summed E-state index contributed by atoms with van der Waals surface area (Å²) in [4.78, 5) is 14.2. The van der Waals surface area contributed by atoms with Crippen LogP contribution >= 0.6 is 0 Å². The van der Waals surface area contributed by atoms with Gasteiger partial charge in [0.05, 0.1) is 17.9 Å². The van der Waals surface area contributed by atoms with E-state index in [-0.39, 0.29) is 29.5 Å². The molecular weight excluding hydrogens is 321 g/mol. The second-order valence-electron chi connectivity index (χ2n) is 7.93. The van der Waals surface area contributed by atoms with Gasteiger partial charge in [0.1, 0.15) is 11.9 Å². The van der Waals surface area contributed by atoms with E-state index in [1.165, 1.54) is 6.07 Å². The lowest BCUT2D eigenvalue weighted by Gasteiger charge is -2.37. The van der Waals surface area contributed by atoms with Crippen LogP contribution in [0.5, 0.6) is 0 Å². The number of ether oxygens (including phenoxy) is 1. The Kier molecular flexibility index (Phi) is 5.93. The Morgan fingerprint density at radius 3 is 2.40 bits per heavy atom. The molecule has 25 heavy (non-hydrogen) atoms. The number of amides is 1. The van der Waals surface area contributed by atoms with E-state index < -0.39 is 6.04 Å². The molecule has 2 rings (SSSR count). The highest BCUT2D eigenvalue weighted by Gasteiger charge is 2.25. The topological polar surface area (TPSA) is 53.6 Å². The van der Waals surface area contributed by atoms with Crippen LogP contribution in [-0.2, 0) is 9.53 Å². The molecule has 0 saturated carbocycles. The summed E-state index contributed by atoms with van der Waals surface area (Å²) in [5.74, 6) is -0.414. The average Bonchev–Trinajstić information content (AvgIpc) is 2.44. The molecule has 140 valence electrons. The third-order valence-electron chi connectivity index (χ3n) is 3.98. The first-order valence-corrected chi connectivity index (χ1v) is 8.83. The van der Waals surface area contributed by atoms with Gasteiger partial charge in [0, 0.05) is 24.3 Å². The molecule has 2 N–H and O–H groups in total. The van der Waals surface area contributed by atoms with Gasteiger partial charge in [-0.25, -0.2) is 4.39 Å². The van der Waals surface area contributed by atoms with Gasteiger partial charge in [0.15, 0.2) is 0 Å². The minimum Gasteiger partial charge on any atom is -0.374 e. The van der Waals surface area contributed by atoms with E-state index in [1.54, 1.807) is 13.0 Å². The summed E-state index contributed by atoms with van der Waals surface area (Å²) in [6.07, 6.45) is 0.143. The molecular formula is C19H30FN3O2. The molecule has 0 spiro atoms. The van der Waals surface area contributed by atoms with Crippen LogP contribution in [0, 0.1) is 5.82 Å². The van der Waals surface area contributed by atoms with Crippen molar-refractivity contribution < 1.29 is 13.9 Å². The summed E-state index contributed by atoms with van der Waals surface area (Å²) >= 11 is 0. The predicted molar refractivity (Wildman–Crippen MR) is 99.6 cm³/mol. The van der Waals surface area contributed by atoms with Gasteiger partial charge >= 0.3 is 0 Å². The number of anilines is 2. The standard InChI is InChI=1S/C19H30FN3O2/c1-12-10-23(11-13(2)25-12)17-8-7-15(9-16(17)20)21-14(3)18(24)22-19(4,5)6/h7-9,12-14,21H,10-11H2,1-6H3,(H,22,24)/t12-,13-,14+/m1/s1. The number of morpholine rings is 1. The number of halogens is 1. The minimum atomic E-state index is -0.451. The zero-order valence-electron chi connectivity index (χ0n) is 16.0. The molecule has 0 radical (unpaired) electrons. The molecule has 1 aliphatic rings. The highest BCUT2D eigenvalue weighted by Crippen LogP contribution is 2.26. The largest absolute Gasteiger partial charge is 0.374 e. The normalized spacial score (nSPS) is 22.4. The van der Waals surface area contributed by atoms with Crippen LogP contribution in [0.1, 0.15) is 41.5 Å². The van der Waals surface area contributed by atoms with E-state index in [2.05, 4.69) is 10.6 Å². The Morgan fingerprint density at radius 1 is 1.28 bits per heavy atom. The Hall–Kier alpha value is -1.82. The molecule has 1 fully saturated rings. The molecule has 0 bridgehead atoms. The molecule has 1 aromatic rings. The number of carbonyl (C=O) groups is 1. The summed E-state index contributed by atoms with van der Waals surface area (Å²) in [5.41, 5.74) is 0.859. The van der Waals surface area contributed by atoms with Gasteiger partial charge in [-0.3, -0.25) is 4.79 Å². The van der Waals surface area contributed by atoms with Crippen molar-refractivity contribution in [3.8, 4) is 0 Å². The fourth-order valence-electron chi connectivity index (χ4n) is 3.02. The van der Waals surface area contributed by atoms with Crippen molar-refractivity contribution in [1.82, 2.24) is 5.32 Å². The van der Waals surface area contributed by atoms with Crippen molar-refractivity contribution >= 4 is 17.3 Å². The fraction of sp³-hybridized carbons (Fsp3) is 0.632. The molecule has 3 atom stereocenters. The molecule has 1 aliphatic heterocycles. The van der Waals surface area contributed by atoms with Gasteiger partial charge in [0.2, 0.25) is 5.91 Å². The second kappa shape index (κ2) is 7.60. The lowest BCUT2D eigenvalue weighted by atomic mass is 10.1. The molecule has 1 heterocycles. The van der Waals surface area contributed by atoms with Crippen LogP contribution in [0.15, 0.2) is 18.2 Å². The van der Waals surface area contributed by atoms with Crippen LogP contribution < -0.4 is 15.5 Å². The first-order valence-electron chi connectivity index (χ1n) is 8.83. The number of rotatable bonds is 4. The monoisotopic (exact) mass is 351 g/mol. The predicted octanol–water partition coefficient (Wildman–Crippen LogP) is 3.15. The van der Waals surface area contributed by atoms with Gasteiger partial charge in [-0.15, -0.1) is 0 Å². The van der Waals surface area contributed by atoms with Gasteiger partial charge in [-0.2, -0.15) is 0 Å². The second-order valence-corrected chi connectivity index (χ2v) is 7.93. The van der Waals surface area contributed by atoms with Crippen molar-refractivity contribution in [2.45, 2.75) is 65.3 Å². The smallest absolute Gasteiger partial charge is 0.242 e. The first kappa shape index (κ1) is 19.5. The quantitative estimate of drug-likeness (QED) is 0.875. The third kappa shape index (κ3) is 5.59. The average molecular weight is 351 g/mol. The summed E-state index contributed by atoms with van der Waals surface area (Å²) in [6.45, 7) is 12.9. The number of carbonyl (C=O) groups excluding carboxylic acids is 1. The summed E-state index contributed by atoms with van der Waals surface area (Å²) in [6, 6.07) is 4.56. The lowest BCUT2D eigenvalue weighted by molar-refractivity contribution is -0.122. The van der Waals surface area contributed by atoms with Crippen molar-refractivity contribution in [1.29, 1.82) is 0 Å². The maximum absolute atomic E-state index is 14.6. The van der Waals surface area contributed by atoms with Crippen LogP contribution in [0.2, 0.25) is 0 Å². The van der Waals surface area contributed by atoms with E-state index in [4.69, 9.17) is 4.74 Å². The fourth-order valence-corrected chi connectivity index (χ4v) is 3.02. The van der Waals surface area contributed by atoms with Crippen LogP contribution in [0.3, 0.4) is 0 Å². The molecule has 1 amide bonds. The van der Waals surface area contributed by atoms with Crippen molar-refractivity contribution in [3.05, 3.63) is 24.0 Å². The number of nitrogens with one attached hydrogen (secondary N) is 2. The zero-order chi connectivity index (χ0) is 18.8. The van der Waals surface area contributed by atoms with Crippen molar-refractivity contribution in [2.24, 2.45) is 0 Å². The molecule has 5 nitrogen and oxygen atoms in total. The van der Waals surface area contributed by atoms with E-state index in [9.17, 15) is 9.18 Å². The maximum Gasteiger partial charge on any atom is 0.242 e. The molecule has 0 aromatic heterocycles. The van der Waals surface area contributed by atoms with E-state index in [1.807, 2.05) is 45.6 Å². The van der Waals surface area contributed by atoms with Crippen LogP contribution in [0.25, 0.3) is 0 Å². The Morgan fingerprint density at radius 2 is 1.88 bits per heavy atom. The third-order valence-corrected chi connectivity index (χ3v) is 3.98. The molecule has 0 unspecified atom stereocenters. The van der Waals surface area contributed by atoms with Crippen molar-refractivity contribution in [2.75, 3.05) is 23.3 Å². The first-order chi connectivity index (χ1) is 11.5. The van der Waals surface area contributed by atoms with E-state index in [0.717, 1.165) is 0 Å². The molecule has 1 aromatic carbocycles. The van der Waals surface area contributed by atoms with Crippen molar-refractivity contribution in [3.63, 3.8) is 0 Å². The van der Waals surface area contributed by atoms with Gasteiger partial charge in [-0.1, -0.05) is 0 Å². The van der Waals surface area contributed by atoms with Gasteiger partial charge in [0.25, 0.3) is 0 Å². The maximum atomic E-state index is 14.6. The number of hydrogen-bond acceptors (Lipinski definition) is 4. The summed E-state index contributed by atoms with van der Waals surface area (Å²) in [5, 5.41) is 5.97. The number of benzene rings is 1. The summed E-state index contributed by atoms with van der Waals surface area (Å²) < 4.78 is 20.3. The minimum absolute atomic E-state index is 0.0714. The highest BCUT2D eigenvalue weighted by atomic mass is 19.1. The van der Waals surface area contributed by atoms with Crippen LogP contribution in [0.4, 0.5) is 15.8 Å². The Bertz CT molecular complexity index is 605. The SMILES string of the molecule is C[C@@H]1CN(c2ccc(N[C@@H](C)C(=O)NC(C)(C)C)cc2F)C[C@@H](C)O1. The molecule has 1 saturated heterocycles. The Labute approximate surface area is 149 Å². The van der Waals surface area contributed by atoms with E-state index in [0.29, 0.717) is 24.5 Å². The number of hydrogen-bond donors (Lipinski definition) is 2.